The van der Waals surface area contributed by atoms with Crippen molar-refractivity contribution in [2.75, 3.05) is 6.54 Å². The van der Waals surface area contributed by atoms with Crippen LogP contribution in [0.2, 0.25) is 0 Å². The average molecular weight is 99.1 g/mol. The Morgan fingerprint density at radius 3 is 2.57 bits per heavy atom. The summed E-state index contributed by atoms with van der Waals surface area (Å²) in [6, 6.07) is 0. The van der Waals surface area contributed by atoms with Crippen LogP contribution in [0.1, 0.15) is 6.92 Å². The molecule has 0 amide bonds. The molecule has 0 radical (unpaired) electrons. The molecule has 0 aromatic rings. The van der Waals surface area contributed by atoms with Gasteiger partial charge in [0.2, 0.25) is 0 Å². The molecule has 0 rings (SSSR count). The molecule has 0 unspecified atom stereocenters. The monoisotopic (exact) mass is 99.1 g/mol. The lowest BCUT2D eigenvalue weighted by molar-refractivity contribution is -0.113. The fraction of sp³-hybridized carbons (Fsp3) is 0.400. The third kappa shape index (κ3) is 3.19. The molecule has 0 heterocycles. The number of carbonyl (C=O) groups is 1. The first-order valence-electron chi connectivity index (χ1n) is 2.17. The molecule has 0 saturated carbocycles. The normalized spacial score (nSPS) is 10.0. The van der Waals surface area contributed by atoms with Gasteiger partial charge in [-0.3, -0.25) is 4.79 Å². The van der Waals surface area contributed by atoms with E-state index in [-0.39, 0.29) is 12.3 Å². The van der Waals surface area contributed by atoms with E-state index in [2.05, 4.69) is 0 Å². The Morgan fingerprint density at radius 2 is 2.43 bits per heavy atom. The number of rotatable bonds is 2. The summed E-state index contributed by atoms with van der Waals surface area (Å²) < 4.78 is 0. The first-order chi connectivity index (χ1) is 3.31. The molecule has 0 saturated heterocycles. The molecule has 0 spiro atoms. The Hall–Kier alpha value is -0.630. The largest absolute Gasteiger partial charge is 0.324 e. The molecule has 0 aliphatic heterocycles. The van der Waals surface area contributed by atoms with Gasteiger partial charge in [-0.2, -0.15) is 0 Å². The molecule has 0 aromatic carbocycles. The van der Waals surface area contributed by atoms with Crippen molar-refractivity contribution in [1.29, 1.82) is 0 Å². The van der Waals surface area contributed by atoms with Gasteiger partial charge in [-0.15, -0.1) is 0 Å². The predicted molar refractivity (Wildman–Crippen MR) is 28.9 cm³/mol. The molecule has 0 bridgehead atoms. The van der Waals surface area contributed by atoms with Crippen molar-refractivity contribution < 1.29 is 4.79 Å². The van der Waals surface area contributed by atoms with Crippen LogP contribution in [-0.2, 0) is 4.79 Å². The van der Waals surface area contributed by atoms with Crippen LogP contribution in [0.4, 0.5) is 0 Å². The number of carbonyl (C=O) groups excluding carboxylic acids is 1. The Bertz CT molecular complexity index is 86.1. The molecule has 0 fully saturated rings. The van der Waals surface area contributed by atoms with E-state index >= 15 is 0 Å². The van der Waals surface area contributed by atoms with Gasteiger partial charge in [0.25, 0.3) is 0 Å². The molecule has 2 heteroatoms. The second kappa shape index (κ2) is 3.56. The predicted octanol–water partition coefficient (Wildman–Crippen LogP) is 0.0903. The summed E-state index contributed by atoms with van der Waals surface area (Å²) >= 11 is 0. The van der Waals surface area contributed by atoms with E-state index in [1.807, 2.05) is 0 Å². The summed E-state index contributed by atoms with van der Waals surface area (Å²) in [6.45, 7) is 1.90. The van der Waals surface area contributed by atoms with Gasteiger partial charge < -0.3 is 5.73 Å². The van der Waals surface area contributed by atoms with E-state index in [9.17, 15) is 4.79 Å². The van der Waals surface area contributed by atoms with E-state index in [0.29, 0.717) is 0 Å². The third-order valence-corrected chi connectivity index (χ3v) is 0.554. The lowest BCUT2D eigenvalue weighted by atomic mass is 10.4. The minimum absolute atomic E-state index is 0.0255. The highest BCUT2D eigenvalue weighted by Gasteiger charge is 1.84. The zero-order valence-corrected chi connectivity index (χ0v) is 4.35. The van der Waals surface area contributed by atoms with Gasteiger partial charge in [0.05, 0.1) is 6.54 Å². The standard InChI is InChI=1S/C5H9NO/c1-2-3-5(7)4-6/h2-3H,4,6H2,1H3/b3-2+. The van der Waals surface area contributed by atoms with Crippen LogP contribution >= 0.6 is 0 Å². The minimum atomic E-state index is -0.0255. The first-order valence-corrected chi connectivity index (χ1v) is 2.17. The highest BCUT2D eigenvalue weighted by molar-refractivity contribution is 5.91. The summed E-state index contributed by atoms with van der Waals surface area (Å²) in [5.74, 6) is -0.0255. The van der Waals surface area contributed by atoms with Crippen molar-refractivity contribution in [2.24, 2.45) is 5.73 Å². The maximum Gasteiger partial charge on any atom is 0.168 e. The van der Waals surface area contributed by atoms with Crippen LogP contribution in [0.25, 0.3) is 0 Å². The van der Waals surface area contributed by atoms with E-state index in [1.54, 1.807) is 13.0 Å². The lowest BCUT2D eigenvalue weighted by Gasteiger charge is -1.79. The zero-order chi connectivity index (χ0) is 5.70. The van der Waals surface area contributed by atoms with Gasteiger partial charge >= 0.3 is 0 Å². The number of hydrogen-bond donors (Lipinski definition) is 1. The number of nitrogens with two attached hydrogens (primary N) is 1. The zero-order valence-electron chi connectivity index (χ0n) is 4.35. The van der Waals surface area contributed by atoms with Gasteiger partial charge in [0.1, 0.15) is 0 Å². The minimum Gasteiger partial charge on any atom is -0.324 e. The molecular formula is C5H9NO. The first kappa shape index (κ1) is 6.37. The molecule has 2 nitrogen and oxygen atoms in total. The van der Waals surface area contributed by atoms with Crippen LogP contribution in [0.15, 0.2) is 12.2 Å². The van der Waals surface area contributed by atoms with Gasteiger partial charge in [-0.25, -0.2) is 0 Å². The van der Waals surface area contributed by atoms with Crippen molar-refractivity contribution in [2.45, 2.75) is 6.92 Å². The summed E-state index contributed by atoms with van der Waals surface area (Å²) in [7, 11) is 0. The van der Waals surface area contributed by atoms with Gasteiger partial charge in [0, 0.05) is 0 Å². The average Bonchev–Trinajstić information content (AvgIpc) is 1.68. The molecule has 0 aliphatic rings. The molecular weight excluding hydrogens is 90.1 g/mol. The summed E-state index contributed by atoms with van der Waals surface area (Å²) in [4.78, 5) is 10.2. The van der Waals surface area contributed by atoms with Crippen LogP contribution < -0.4 is 5.73 Å². The molecule has 7 heavy (non-hydrogen) atoms. The fourth-order valence-corrected chi connectivity index (χ4v) is 0.254. The fourth-order valence-electron chi connectivity index (χ4n) is 0.254. The van der Waals surface area contributed by atoms with E-state index in [1.165, 1.54) is 6.08 Å². The Labute approximate surface area is 43.0 Å². The number of allylic oxidation sites excluding steroid dienone is 1. The second-order valence-electron chi connectivity index (χ2n) is 1.17. The van der Waals surface area contributed by atoms with Crippen LogP contribution in [0, 0.1) is 0 Å². The highest BCUT2D eigenvalue weighted by Crippen LogP contribution is 1.69. The summed E-state index contributed by atoms with van der Waals surface area (Å²) in [5, 5.41) is 0. The summed E-state index contributed by atoms with van der Waals surface area (Å²) in [5.41, 5.74) is 4.96. The Morgan fingerprint density at radius 1 is 1.86 bits per heavy atom. The van der Waals surface area contributed by atoms with Crippen LogP contribution in [-0.4, -0.2) is 12.3 Å². The van der Waals surface area contributed by atoms with Gasteiger partial charge in [-0.05, 0) is 13.0 Å². The van der Waals surface area contributed by atoms with E-state index < -0.39 is 0 Å². The van der Waals surface area contributed by atoms with E-state index in [4.69, 9.17) is 5.73 Å². The molecule has 2 N–H and O–H groups in total. The second-order valence-corrected chi connectivity index (χ2v) is 1.17. The number of hydrogen-bond acceptors (Lipinski definition) is 2. The molecule has 40 valence electrons. The molecule has 0 atom stereocenters. The Balaban J connectivity index is 3.37. The lowest BCUT2D eigenvalue weighted by Crippen LogP contribution is -2.09. The molecule has 0 aromatic heterocycles. The van der Waals surface area contributed by atoms with Gasteiger partial charge in [0.15, 0.2) is 5.78 Å². The van der Waals surface area contributed by atoms with Crippen molar-refractivity contribution >= 4 is 5.78 Å². The van der Waals surface area contributed by atoms with Crippen molar-refractivity contribution in [1.82, 2.24) is 0 Å². The smallest absolute Gasteiger partial charge is 0.168 e. The molecule has 0 aliphatic carbocycles. The van der Waals surface area contributed by atoms with Crippen LogP contribution in [0.5, 0.6) is 0 Å². The Kier molecular flexibility index (Phi) is 3.24. The SMILES string of the molecule is C/C=C/C(=O)CN. The third-order valence-electron chi connectivity index (χ3n) is 0.554. The van der Waals surface area contributed by atoms with Crippen LogP contribution in [0.3, 0.4) is 0 Å². The van der Waals surface area contributed by atoms with Gasteiger partial charge in [-0.1, -0.05) is 6.08 Å². The highest BCUT2D eigenvalue weighted by atomic mass is 16.1. The number of ketones is 1. The quantitative estimate of drug-likeness (QED) is 0.498. The topological polar surface area (TPSA) is 43.1 Å². The van der Waals surface area contributed by atoms with E-state index in [0.717, 1.165) is 0 Å². The maximum absolute atomic E-state index is 10.2. The van der Waals surface area contributed by atoms with Crippen molar-refractivity contribution in [3.8, 4) is 0 Å². The van der Waals surface area contributed by atoms with Crippen molar-refractivity contribution in [3.05, 3.63) is 12.2 Å². The maximum atomic E-state index is 10.2. The summed E-state index contributed by atoms with van der Waals surface area (Å²) in [6.07, 6.45) is 3.13. The van der Waals surface area contributed by atoms with Crippen molar-refractivity contribution in [3.63, 3.8) is 0 Å².